The number of aromatic nitrogens is 2. The smallest absolute Gasteiger partial charge is 0.123 e. The Morgan fingerprint density at radius 3 is 2.81 bits per heavy atom. The molecule has 16 heavy (non-hydrogen) atoms. The van der Waals surface area contributed by atoms with Crippen molar-refractivity contribution in [1.29, 1.82) is 0 Å². The van der Waals surface area contributed by atoms with Gasteiger partial charge in [0.15, 0.2) is 0 Å². The molecule has 3 nitrogen and oxygen atoms in total. The summed E-state index contributed by atoms with van der Waals surface area (Å²) in [5.74, 6) is 1.81. The molecule has 0 spiro atoms. The highest BCUT2D eigenvalue weighted by Gasteiger charge is 2.59. The quantitative estimate of drug-likeness (QED) is 0.846. The first kappa shape index (κ1) is 11.0. The molecule has 0 bridgehead atoms. The Morgan fingerprint density at radius 2 is 2.25 bits per heavy atom. The van der Waals surface area contributed by atoms with E-state index in [4.69, 9.17) is 0 Å². The Kier molecular flexibility index (Phi) is 2.55. The summed E-state index contributed by atoms with van der Waals surface area (Å²) >= 11 is 2.28. The van der Waals surface area contributed by atoms with Gasteiger partial charge in [0.05, 0.1) is 6.10 Å². The van der Waals surface area contributed by atoms with Crippen LogP contribution in [0.5, 0.6) is 0 Å². The molecule has 1 aromatic heterocycles. The van der Waals surface area contributed by atoms with Crippen molar-refractivity contribution >= 4 is 22.6 Å². The lowest BCUT2D eigenvalue weighted by atomic mass is 10.1. The number of rotatable bonds is 2. The number of aliphatic hydroxyl groups excluding tert-OH is 1. The first-order valence-electron chi connectivity index (χ1n) is 6.02. The van der Waals surface area contributed by atoms with E-state index in [1.54, 1.807) is 0 Å². The predicted molar refractivity (Wildman–Crippen MR) is 70.3 cm³/mol. The predicted octanol–water partition coefficient (Wildman–Crippen LogP) is 2.55. The lowest BCUT2D eigenvalue weighted by molar-refractivity contribution is 0.155. The third-order valence-corrected chi connectivity index (χ3v) is 4.56. The van der Waals surface area contributed by atoms with Crippen LogP contribution in [0, 0.1) is 15.5 Å². The molecule has 2 fully saturated rings. The van der Waals surface area contributed by atoms with Crippen LogP contribution in [0.4, 0.5) is 0 Å². The summed E-state index contributed by atoms with van der Waals surface area (Å²) < 4.78 is 3.21. The number of hydrogen-bond acceptors (Lipinski definition) is 2. The van der Waals surface area contributed by atoms with E-state index in [-0.39, 0.29) is 6.10 Å². The van der Waals surface area contributed by atoms with E-state index in [9.17, 15) is 5.11 Å². The molecule has 0 aromatic carbocycles. The van der Waals surface area contributed by atoms with E-state index in [1.165, 1.54) is 12.1 Å². The van der Waals surface area contributed by atoms with Crippen molar-refractivity contribution in [2.75, 3.05) is 0 Å². The van der Waals surface area contributed by atoms with Gasteiger partial charge in [-0.3, -0.25) is 4.68 Å². The van der Waals surface area contributed by atoms with Crippen LogP contribution in [0.1, 0.15) is 44.3 Å². The van der Waals surface area contributed by atoms with Crippen LogP contribution >= 0.6 is 22.6 Å². The second kappa shape index (κ2) is 3.70. The number of fused-ring (bicyclic) bond motifs is 1. The van der Waals surface area contributed by atoms with Crippen LogP contribution < -0.4 is 0 Å². The molecule has 2 aliphatic rings. The van der Waals surface area contributed by atoms with Crippen molar-refractivity contribution in [3.63, 3.8) is 0 Å². The maximum atomic E-state index is 9.88. The Labute approximate surface area is 109 Å². The molecule has 0 radical (unpaired) electrons. The van der Waals surface area contributed by atoms with Gasteiger partial charge >= 0.3 is 0 Å². The zero-order valence-corrected chi connectivity index (χ0v) is 11.8. The van der Waals surface area contributed by atoms with E-state index in [1.807, 2.05) is 0 Å². The van der Waals surface area contributed by atoms with Gasteiger partial charge in [0.25, 0.3) is 0 Å². The summed E-state index contributed by atoms with van der Waals surface area (Å²) in [6.07, 6.45) is 2.12. The molecule has 1 heterocycles. The Hall–Kier alpha value is -0.100. The molecule has 4 atom stereocenters. The van der Waals surface area contributed by atoms with Crippen LogP contribution in [0.15, 0.2) is 6.07 Å². The van der Waals surface area contributed by atoms with Crippen molar-refractivity contribution < 1.29 is 5.11 Å². The number of halogens is 1. The SMILES string of the molecule is CC(C)n1nc(I)cc1C1C2CCC(O)C21. The van der Waals surface area contributed by atoms with E-state index in [2.05, 4.69) is 52.3 Å². The minimum Gasteiger partial charge on any atom is -0.393 e. The van der Waals surface area contributed by atoms with Crippen molar-refractivity contribution in [2.24, 2.45) is 11.8 Å². The van der Waals surface area contributed by atoms with Crippen LogP contribution in [0.25, 0.3) is 0 Å². The molecule has 0 amide bonds. The van der Waals surface area contributed by atoms with Gasteiger partial charge < -0.3 is 5.11 Å². The second-order valence-electron chi connectivity index (χ2n) is 5.34. The lowest BCUT2D eigenvalue weighted by Gasteiger charge is -2.13. The summed E-state index contributed by atoms with van der Waals surface area (Å²) in [6.45, 7) is 4.34. The van der Waals surface area contributed by atoms with Gasteiger partial charge in [0.2, 0.25) is 0 Å². The van der Waals surface area contributed by atoms with Gasteiger partial charge in [-0.2, -0.15) is 5.10 Å². The Bertz CT molecular complexity index is 415. The highest BCUT2D eigenvalue weighted by Crippen LogP contribution is 2.63. The normalized spacial score (nSPS) is 36.8. The fraction of sp³-hybridized carbons (Fsp3) is 0.750. The summed E-state index contributed by atoms with van der Waals surface area (Å²) in [4.78, 5) is 0. The Balaban J connectivity index is 1.91. The van der Waals surface area contributed by atoms with Crippen LogP contribution in [-0.4, -0.2) is 21.0 Å². The number of hydrogen-bond donors (Lipinski definition) is 1. The molecule has 1 aromatic rings. The van der Waals surface area contributed by atoms with Gasteiger partial charge in [-0.1, -0.05) is 0 Å². The van der Waals surface area contributed by atoms with Gasteiger partial charge in [-0.25, -0.2) is 0 Å². The molecule has 1 N–H and O–H groups in total. The average Bonchev–Trinajstić information content (AvgIpc) is 2.61. The van der Waals surface area contributed by atoms with Crippen LogP contribution in [0.2, 0.25) is 0 Å². The summed E-state index contributed by atoms with van der Waals surface area (Å²) in [7, 11) is 0. The summed E-state index contributed by atoms with van der Waals surface area (Å²) in [5.41, 5.74) is 1.34. The molecule has 3 rings (SSSR count). The van der Waals surface area contributed by atoms with Crippen molar-refractivity contribution in [1.82, 2.24) is 9.78 Å². The third kappa shape index (κ3) is 1.53. The largest absolute Gasteiger partial charge is 0.393 e. The summed E-state index contributed by atoms with van der Waals surface area (Å²) in [5, 5.41) is 14.4. The van der Waals surface area contributed by atoms with E-state index >= 15 is 0 Å². The Morgan fingerprint density at radius 1 is 1.50 bits per heavy atom. The number of aliphatic hydroxyl groups is 1. The highest BCUT2D eigenvalue weighted by molar-refractivity contribution is 14.1. The fourth-order valence-corrected chi connectivity index (χ4v) is 3.86. The lowest BCUT2D eigenvalue weighted by Crippen LogP contribution is -2.11. The molecule has 4 unspecified atom stereocenters. The van der Waals surface area contributed by atoms with Crippen molar-refractivity contribution in [3.05, 3.63) is 15.5 Å². The maximum Gasteiger partial charge on any atom is 0.123 e. The monoisotopic (exact) mass is 332 g/mol. The molecule has 0 saturated heterocycles. The van der Waals surface area contributed by atoms with E-state index in [0.717, 1.165) is 16.0 Å². The zero-order chi connectivity index (χ0) is 11.4. The molecule has 2 aliphatic carbocycles. The second-order valence-corrected chi connectivity index (χ2v) is 6.45. The molecular weight excluding hydrogens is 315 g/mol. The van der Waals surface area contributed by atoms with E-state index < -0.39 is 0 Å². The molecule has 4 heteroatoms. The van der Waals surface area contributed by atoms with Crippen LogP contribution in [-0.2, 0) is 0 Å². The first-order chi connectivity index (χ1) is 7.59. The zero-order valence-electron chi connectivity index (χ0n) is 9.60. The van der Waals surface area contributed by atoms with Gasteiger partial charge in [0.1, 0.15) is 3.70 Å². The maximum absolute atomic E-state index is 9.88. The van der Waals surface area contributed by atoms with Crippen molar-refractivity contribution in [2.45, 2.75) is 44.8 Å². The fourth-order valence-electron chi connectivity index (χ4n) is 3.31. The van der Waals surface area contributed by atoms with Crippen LogP contribution in [0.3, 0.4) is 0 Å². The molecule has 0 aliphatic heterocycles. The van der Waals surface area contributed by atoms with Gasteiger partial charge in [-0.15, -0.1) is 0 Å². The number of nitrogens with zero attached hydrogens (tertiary/aromatic N) is 2. The van der Waals surface area contributed by atoms with E-state index in [0.29, 0.717) is 17.9 Å². The summed E-state index contributed by atoms with van der Waals surface area (Å²) in [6, 6.07) is 2.60. The molecule has 88 valence electrons. The average molecular weight is 332 g/mol. The first-order valence-corrected chi connectivity index (χ1v) is 7.10. The third-order valence-electron chi connectivity index (χ3n) is 4.03. The van der Waals surface area contributed by atoms with Gasteiger partial charge in [-0.05, 0) is 67.2 Å². The standard InChI is InChI=1S/C12H17IN2O/c1-6(2)15-8(5-10(13)14-15)11-7-3-4-9(16)12(7)11/h5-7,9,11-12,16H,3-4H2,1-2H3. The molecule has 2 saturated carbocycles. The topological polar surface area (TPSA) is 38.0 Å². The minimum absolute atomic E-state index is 0.0665. The van der Waals surface area contributed by atoms with Crippen molar-refractivity contribution in [3.8, 4) is 0 Å². The van der Waals surface area contributed by atoms with Gasteiger partial charge in [0, 0.05) is 17.7 Å². The minimum atomic E-state index is -0.0665. The highest BCUT2D eigenvalue weighted by atomic mass is 127. The molecular formula is C12H17IN2O.